The van der Waals surface area contributed by atoms with Crippen LogP contribution in [0, 0.1) is 0 Å². The maximum absolute atomic E-state index is 12.7. The molecule has 174 valence electrons. The summed E-state index contributed by atoms with van der Waals surface area (Å²) in [4.78, 5) is 32.0. The number of amides is 2. The van der Waals surface area contributed by atoms with Gasteiger partial charge in [-0.3, -0.25) is 9.69 Å². The van der Waals surface area contributed by atoms with Crippen LogP contribution < -0.4 is 10.1 Å². The zero-order valence-electron chi connectivity index (χ0n) is 18.1. The van der Waals surface area contributed by atoms with Crippen LogP contribution in [0.5, 0.6) is 5.75 Å². The Labute approximate surface area is 201 Å². The van der Waals surface area contributed by atoms with E-state index < -0.39 is 12.1 Å². The van der Waals surface area contributed by atoms with E-state index in [1.54, 1.807) is 0 Å². The van der Waals surface area contributed by atoms with E-state index in [-0.39, 0.29) is 18.6 Å². The average molecular weight is 516 g/mol. The quantitative estimate of drug-likeness (QED) is 0.574. The minimum absolute atomic E-state index is 0.105. The second-order valence-corrected chi connectivity index (χ2v) is 8.89. The molecule has 0 aliphatic carbocycles. The van der Waals surface area contributed by atoms with Crippen molar-refractivity contribution in [3.63, 3.8) is 0 Å². The second-order valence-electron chi connectivity index (χ2n) is 7.97. The minimum Gasteiger partial charge on any atom is -0.489 e. The van der Waals surface area contributed by atoms with Gasteiger partial charge in [-0.2, -0.15) is 0 Å². The van der Waals surface area contributed by atoms with Crippen molar-refractivity contribution in [3.8, 4) is 5.75 Å². The number of carbonyl (C=O) groups is 2. The molecule has 2 aromatic rings. The predicted molar refractivity (Wildman–Crippen MR) is 126 cm³/mol. The topological polar surface area (TPSA) is 89.5 Å². The monoisotopic (exact) mass is 515 g/mol. The van der Waals surface area contributed by atoms with Crippen molar-refractivity contribution in [2.45, 2.75) is 44.6 Å². The third-order valence-electron chi connectivity index (χ3n) is 5.50. The molecule has 1 saturated heterocycles. The Balaban J connectivity index is 1.25. The Morgan fingerprint density at radius 2 is 1.94 bits per heavy atom. The normalized spacial score (nSPS) is 19.5. The van der Waals surface area contributed by atoms with E-state index in [2.05, 4.69) is 26.4 Å². The molecule has 2 aliphatic rings. The Kier molecular flexibility index (Phi) is 7.83. The van der Waals surface area contributed by atoms with Gasteiger partial charge in [0.2, 0.25) is 5.91 Å². The highest BCUT2D eigenvalue weighted by Crippen LogP contribution is 2.21. The predicted octanol–water partition coefficient (Wildman–Crippen LogP) is 3.98. The molecule has 0 unspecified atom stereocenters. The molecule has 2 amide bonds. The first-order valence-corrected chi connectivity index (χ1v) is 11.7. The molecule has 2 aromatic carbocycles. The molecule has 0 saturated carbocycles. The molecule has 33 heavy (non-hydrogen) atoms. The highest BCUT2D eigenvalue weighted by molar-refractivity contribution is 9.18. The van der Waals surface area contributed by atoms with Gasteiger partial charge in [-0.1, -0.05) is 47.6 Å². The third kappa shape index (κ3) is 6.47. The van der Waals surface area contributed by atoms with E-state index in [1.165, 1.54) is 4.90 Å². The van der Waals surface area contributed by atoms with Crippen LogP contribution in [-0.4, -0.2) is 46.8 Å². The number of oxime groups is 1. The van der Waals surface area contributed by atoms with Crippen LogP contribution in [0.4, 0.5) is 4.79 Å². The first-order chi connectivity index (χ1) is 16.1. The van der Waals surface area contributed by atoms with Gasteiger partial charge in [-0.15, -0.1) is 0 Å². The van der Waals surface area contributed by atoms with Gasteiger partial charge in [0, 0.05) is 13.0 Å². The summed E-state index contributed by atoms with van der Waals surface area (Å²) in [7, 11) is 0. The summed E-state index contributed by atoms with van der Waals surface area (Å²) < 4.78 is 12.1. The molecule has 0 spiro atoms. The van der Waals surface area contributed by atoms with Crippen LogP contribution >= 0.6 is 15.9 Å². The number of nitrogens with zero attached hydrogens (tertiary/aromatic N) is 2. The van der Waals surface area contributed by atoms with Gasteiger partial charge in [-0.05, 0) is 52.0 Å². The number of hydrogen-bond donors (Lipinski definition) is 1. The van der Waals surface area contributed by atoms with Crippen molar-refractivity contribution in [1.82, 2.24) is 10.2 Å². The first-order valence-electron chi connectivity index (χ1n) is 10.9. The van der Waals surface area contributed by atoms with Crippen molar-refractivity contribution < 1.29 is 23.9 Å². The molecular formula is C24H26BrN3O5. The van der Waals surface area contributed by atoms with E-state index in [4.69, 9.17) is 14.3 Å². The van der Waals surface area contributed by atoms with Crippen LogP contribution in [0.1, 0.15) is 30.4 Å². The van der Waals surface area contributed by atoms with E-state index in [9.17, 15) is 9.59 Å². The van der Waals surface area contributed by atoms with Crippen LogP contribution in [0.25, 0.3) is 0 Å². The lowest BCUT2D eigenvalue weighted by molar-refractivity contribution is -0.125. The van der Waals surface area contributed by atoms with Crippen molar-refractivity contribution in [2.24, 2.45) is 5.16 Å². The summed E-state index contributed by atoms with van der Waals surface area (Å²) in [5.74, 6) is 0.503. The van der Waals surface area contributed by atoms with Crippen LogP contribution in [0.15, 0.2) is 59.8 Å². The Morgan fingerprint density at radius 3 is 2.73 bits per heavy atom. The minimum atomic E-state index is -0.538. The maximum Gasteiger partial charge on any atom is 0.410 e. The summed E-state index contributed by atoms with van der Waals surface area (Å²) in [6, 6.07) is 16.8. The fourth-order valence-corrected chi connectivity index (χ4v) is 4.23. The van der Waals surface area contributed by atoms with E-state index in [1.807, 2.05) is 54.6 Å². The molecule has 9 heteroatoms. The molecule has 0 aromatic heterocycles. The number of carbonyl (C=O) groups excluding carboxylic acids is 2. The molecule has 8 nitrogen and oxygen atoms in total. The lowest BCUT2D eigenvalue weighted by atomic mass is 10.2. The molecule has 1 N–H and O–H groups in total. The number of likely N-dealkylation sites (tertiary alicyclic amines) is 1. The third-order valence-corrected chi connectivity index (χ3v) is 5.97. The Hall–Kier alpha value is -3.07. The number of ether oxygens (including phenoxy) is 2. The summed E-state index contributed by atoms with van der Waals surface area (Å²) in [6.07, 6.45) is 1.29. The van der Waals surface area contributed by atoms with Crippen LogP contribution in [-0.2, 0) is 27.6 Å². The molecule has 0 bridgehead atoms. The van der Waals surface area contributed by atoms with E-state index in [0.29, 0.717) is 38.3 Å². The van der Waals surface area contributed by atoms with E-state index in [0.717, 1.165) is 22.2 Å². The smallest absolute Gasteiger partial charge is 0.410 e. The summed E-state index contributed by atoms with van der Waals surface area (Å²) in [5.41, 5.74) is 1.89. The lowest BCUT2D eigenvalue weighted by Gasteiger charge is -2.23. The zero-order chi connectivity index (χ0) is 23.0. The highest BCUT2D eigenvalue weighted by Gasteiger charge is 2.35. The summed E-state index contributed by atoms with van der Waals surface area (Å²) in [6.45, 7) is 1.40. The van der Waals surface area contributed by atoms with Gasteiger partial charge in [-0.25, -0.2) is 4.79 Å². The molecule has 2 aliphatic heterocycles. The number of rotatable bonds is 8. The van der Waals surface area contributed by atoms with Crippen LogP contribution in [0.2, 0.25) is 0 Å². The van der Waals surface area contributed by atoms with Gasteiger partial charge in [0.25, 0.3) is 0 Å². The Bertz CT molecular complexity index is 1000. The van der Waals surface area contributed by atoms with Gasteiger partial charge in [0.1, 0.15) is 29.6 Å². The number of halogens is 1. The fraction of sp³-hybridized carbons (Fsp3) is 0.375. The van der Waals surface area contributed by atoms with Crippen molar-refractivity contribution >= 4 is 32.6 Å². The van der Waals surface area contributed by atoms with Gasteiger partial charge < -0.3 is 19.6 Å². The molecule has 4 rings (SSSR count). The SMILES string of the molecule is O=C(NC[C@@H]1CC(Br)=NO1)[C@@H]1CCCN1C(=O)OCc1cccc(OCc2ccccc2)c1. The van der Waals surface area contributed by atoms with Crippen LogP contribution in [0.3, 0.4) is 0 Å². The molecule has 2 heterocycles. The van der Waals surface area contributed by atoms with E-state index >= 15 is 0 Å². The molecular weight excluding hydrogens is 490 g/mol. The zero-order valence-corrected chi connectivity index (χ0v) is 19.7. The Morgan fingerprint density at radius 1 is 1.12 bits per heavy atom. The lowest BCUT2D eigenvalue weighted by Crippen LogP contribution is -2.47. The average Bonchev–Trinajstić information content (AvgIpc) is 3.50. The number of hydrogen-bond acceptors (Lipinski definition) is 6. The van der Waals surface area contributed by atoms with Gasteiger partial charge in [0.15, 0.2) is 6.10 Å². The van der Waals surface area contributed by atoms with Gasteiger partial charge >= 0.3 is 6.09 Å². The summed E-state index contributed by atoms with van der Waals surface area (Å²) >= 11 is 3.28. The molecule has 1 fully saturated rings. The number of nitrogens with one attached hydrogen (secondary N) is 1. The molecule has 2 atom stereocenters. The van der Waals surface area contributed by atoms with Crippen molar-refractivity contribution in [3.05, 3.63) is 65.7 Å². The van der Waals surface area contributed by atoms with Crippen molar-refractivity contribution in [2.75, 3.05) is 13.1 Å². The van der Waals surface area contributed by atoms with Gasteiger partial charge in [0.05, 0.1) is 6.54 Å². The summed E-state index contributed by atoms with van der Waals surface area (Å²) in [5, 5.41) is 6.67. The highest BCUT2D eigenvalue weighted by atomic mass is 79.9. The second kappa shape index (κ2) is 11.2. The maximum atomic E-state index is 12.7. The standard InChI is InChI=1S/C24H26BrN3O5/c25-22-13-20(33-27-22)14-26-23(29)21-10-5-11-28(21)24(30)32-16-18-8-4-9-19(12-18)31-15-17-6-2-1-3-7-17/h1-4,6-9,12,20-21H,5,10-11,13-16H2,(H,26,29)/t20-,21-/m0/s1. The fourth-order valence-electron chi connectivity index (χ4n) is 3.79. The first kappa shape index (κ1) is 23.1. The number of benzene rings is 2. The largest absolute Gasteiger partial charge is 0.489 e. The van der Waals surface area contributed by atoms with Crippen molar-refractivity contribution in [1.29, 1.82) is 0 Å². The molecule has 0 radical (unpaired) electrons.